The summed E-state index contributed by atoms with van der Waals surface area (Å²) in [5, 5.41) is 2.47. The smallest absolute Gasteiger partial charge is 0.337 e. The molecule has 0 bridgehead atoms. The predicted octanol–water partition coefficient (Wildman–Crippen LogP) is 2.11. The van der Waals surface area contributed by atoms with E-state index in [9.17, 15) is 18.4 Å². The molecular formula is C14H14F2N2O3. The number of carbonyl (C=O) groups excluding carboxylic acids is 2. The SMILES string of the molecule is COC(=O)C1=C(C)N(C)C(=O)N[C@@H]1c1cc(F)ccc1F. The molecule has 112 valence electrons. The molecule has 1 aliphatic heterocycles. The molecule has 1 atom stereocenters. The van der Waals surface area contributed by atoms with E-state index in [2.05, 4.69) is 10.1 Å². The molecule has 0 radical (unpaired) electrons. The molecule has 1 aliphatic rings. The van der Waals surface area contributed by atoms with Gasteiger partial charge in [0, 0.05) is 18.3 Å². The van der Waals surface area contributed by atoms with Gasteiger partial charge >= 0.3 is 12.0 Å². The van der Waals surface area contributed by atoms with Gasteiger partial charge in [-0.3, -0.25) is 0 Å². The van der Waals surface area contributed by atoms with Crippen molar-refractivity contribution >= 4 is 12.0 Å². The summed E-state index contributed by atoms with van der Waals surface area (Å²) in [5.41, 5.74) is 0.250. The highest BCUT2D eigenvalue weighted by Crippen LogP contribution is 2.32. The van der Waals surface area contributed by atoms with Gasteiger partial charge in [0.05, 0.1) is 18.7 Å². The average Bonchev–Trinajstić information content (AvgIpc) is 2.46. The third-order valence-corrected chi connectivity index (χ3v) is 3.43. The number of hydrogen-bond donors (Lipinski definition) is 1. The molecule has 1 N–H and O–H groups in total. The van der Waals surface area contributed by atoms with Crippen LogP contribution in [-0.4, -0.2) is 31.1 Å². The van der Waals surface area contributed by atoms with E-state index in [0.29, 0.717) is 5.70 Å². The Morgan fingerprint density at radius 2 is 2.05 bits per heavy atom. The number of amides is 2. The van der Waals surface area contributed by atoms with E-state index in [1.807, 2.05) is 0 Å². The van der Waals surface area contributed by atoms with Crippen LogP contribution in [0.25, 0.3) is 0 Å². The van der Waals surface area contributed by atoms with Gasteiger partial charge in [0.25, 0.3) is 0 Å². The number of methoxy groups -OCH3 is 1. The van der Waals surface area contributed by atoms with Gasteiger partial charge < -0.3 is 15.0 Å². The zero-order valence-electron chi connectivity index (χ0n) is 11.7. The molecule has 7 heteroatoms. The van der Waals surface area contributed by atoms with Gasteiger partial charge in [-0.15, -0.1) is 0 Å². The van der Waals surface area contributed by atoms with Gasteiger partial charge in [-0.05, 0) is 25.1 Å². The summed E-state index contributed by atoms with van der Waals surface area (Å²) >= 11 is 0. The number of rotatable bonds is 2. The predicted molar refractivity (Wildman–Crippen MR) is 70.1 cm³/mol. The van der Waals surface area contributed by atoms with Crippen LogP contribution in [0.15, 0.2) is 29.5 Å². The van der Waals surface area contributed by atoms with E-state index < -0.39 is 29.7 Å². The molecule has 0 spiro atoms. The van der Waals surface area contributed by atoms with Crippen LogP contribution in [0.2, 0.25) is 0 Å². The van der Waals surface area contributed by atoms with Crippen molar-refractivity contribution in [2.24, 2.45) is 0 Å². The molecule has 21 heavy (non-hydrogen) atoms. The number of nitrogens with one attached hydrogen (secondary N) is 1. The first kappa shape index (κ1) is 15.0. The largest absolute Gasteiger partial charge is 0.466 e. The summed E-state index contributed by atoms with van der Waals surface area (Å²) in [5.74, 6) is -2.10. The normalized spacial score (nSPS) is 18.6. The minimum absolute atomic E-state index is 0.0594. The van der Waals surface area contributed by atoms with Gasteiger partial charge in [-0.25, -0.2) is 18.4 Å². The van der Waals surface area contributed by atoms with Crippen LogP contribution in [-0.2, 0) is 9.53 Å². The van der Waals surface area contributed by atoms with Crippen molar-refractivity contribution in [1.29, 1.82) is 0 Å². The van der Waals surface area contributed by atoms with Crippen molar-refractivity contribution in [2.45, 2.75) is 13.0 Å². The van der Waals surface area contributed by atoms with Gasteiger partial charge in [0.1, 0.15) is 11.6 Å². The van der Waals surface area contributed by atoms with E-state index in [0.717, 1.165) is 18.2 Å². The summed E-state index contributed by atoms with van der Waals surface area (Å²) in [7, 11) is 2.64. The Kier molecular flexibility index (Phi) is 3.93. The second-order valence-electron chi connectivity index (χ2n) is 4.60. The van der Waals surface area contributed by atoms with E-state index in [-0.39, 0.29) is 11.1 Å². The number of nitrogens with zero attached hydrogens (tertiary/aromatic N) is 1. The van der Waals surface area contributed by atoms with Crippen molar-refractivity contribution in [3.05, 3.63) is 46.7 Å². The fraction of sp³-hybridized carbons (Fsp3) is 0.286. The van der Waals surface area contributed by atoms with Gasteiger partial charge in [-0.1, -0.05) is 0 Å². The molecule has 0 aliphatic carbocycles. The van der Waals surface area contributed by atoms with E-state index >= 15 is 0 Å². The maximum atomic E-state index is 13.9. The molecule has 1 heterocycles. The molecule has 2 rings (SSSR count). The first-order valence-corrected chi connectivity index (χ1v) is 6.15. The summed E-state index contributed by atoms with van der Waals surface area (Å²) in [6, 6.07) is 1.23. The Balaban J connectivity index is 2.62. The van der Waals surface area contributed by atoms with Crippen molar-refractivity contribution < 1.29 is 23.1 Å². The van der Waals surface area contributed by atoms with Gasteiger partial charge in [0.2, 0.25) is 0 Å². The first-order chi connectivity index (χ1) is 9.86. The third kappa shape index (κ3) is 2.58. The minimum Gasteiger partial charge on any atom is -0.466 e. The van der Waals surface area contributed by atoms with Crippen LogP contribution in [0.3, 0.4) is 0 Å². The Morgan fingerprint density at radius 1 is 1.38 bits per heavy atom. The van der Waals surface area contributed by atoms with Crippen LogP contribution in [0.5, 0.6) is 0 Å². The first-order valence-electron chi connectivity index (χ1n) is 6.15. The lowest BCUT2D eigenvalue weighted by atomic mass is 9.94. The Hall–Kier alpha value is -2.44. The number of urea groups is 1. The lowest BCUT2D eigenvalue weighted by molar-refractivity contribution is -0.136. The second-order valence-corrected chi connectivity index (χ2v) is 4.60. The highest BCUT2D eigenvalue weighted by atomic mass is 19.1. The molecule has 0 saturated carbocycles. The minimum atomic E-state index is -1.10. The fourth-order valence-electron chi connectivity index (χ4n) is 2.18. The monoisotopic (exact) mass is 296 g/mol. The van der Waals surface area contributed by atoms with E-state index in [1.165, 1.54) is 26.0 Å². The van der Waals surface area contributed by atoms with Crippen LogP contribution in [0, 0.1) is 11.6 Å². The Morgan fingerprint density at radius 3 is 2.67 bits per heavy atom. The number of benzene rings is 1. The highest BCUT2D eigenvalue weighted by molar-refractivity contribution is 5.94. The average molecular weight is 296 g/mol. The maximum Gasteiger partial charge on any atom is 0.337 e. The zero-order chi connectivity index (χ0) is 15.7. The third-order valence-electron chi connectivity index (χ3n) is 3.43. The highest BCUT2D eigenvalue weighted by Gasteiger charge is 2.36. The topological polar surface area (TPSA) is 58.6 Å². The maximum absolute atomic E-state index is 13.9. The number of esters is 1. The molecule has 2 amide bonds. The number of carbonyl (C=O) groups is 2. The van der Waals surface area contributed by atoms with Crippen molar-refractivity contribution in [3.8, 4) is 0 Å². The lowest BCUT2D eigenvalue weighted by Crippen LogP contribution is -2.46. The quantitative estimate of drug-likeness (QED) is 0.850. The molecular weight excluding hydrogens is 282 g/mol. The Labute approximate surface area is 120 Å². The second kappa shape index (κ2) is 5.51. The van der Waals surface area contributed by atoms with Crippen LogP contribution < -0.4 is 5.32 Å². The van der Waals surface area contributed by atoms with E-state index in [1.54, 1.807) is 0 Å². The van der Waals surface area contributed by atoms with Gasteiger partial charge in [0.15, 0.2) is 0 Å². The summed E-state index contributed by atoms with van der Waals surface area (Å²) < 4.78 is 32.0. The summed E-state index contributed by atoms with van der Waals surface area (Å²) in [6.07, 6.45) is 0. The molecule has 0 unspecified atom stereocenters. The summed E-state index contributed by atoms with van der Waals surface area (Å²) in [6.45, 7) is 1.54. The molecule has 0 fully saturated rings. The standard InChI is InChI=1S/C14H14F2N2O3/c1-7-11(13(19)21-3)12(17-14(20)18(7)2)9-6-8(15)4-5-10(9)16/h4-6,12H,1-3H3,(H,17,20)/t12-/m1/s1. The molecule has 1 aromatic carbocycles. The summed E-state index contributed by atoms with van der Waals surface area (Å²) in [4.78, 5) is 25.0. The Bertz CT molecular complexity index is 643. The molecule has 0 saturated heterocycles. The van der Waals surface area contributed by atoms with Crippen molar-refractivity contribution in [2.75, 3.05) is 14.2 Å². The number of hydrogen-bond acceptors (Lipinski definition) is 3. The van der Waals surface area contributed by atoms with Gasteiger partial charge in [-0.2, -0.15) is 0 Å². The number of allylic oxidation sites excluding steroid dienone is 1. The fourth-order valence-corrected chi connectivity index (χ4v) is 2.18. The van der Waals surface area contributed by atoms with Crippen molar-refractivity contribution in [3.63, 3.8) is 0 Å². The van der Waals surface area contributed by atoms with E-state index in [4.69, 9.17) is 0 Å². The zero-order valence-corrected chi connectivity index (χ0v) is 11.7. The lowest BCUT2D eigenvalue weighted by Gasteiger charge is -2.33. The molecule has 5 nitrogen and oxygen atoms in total. The number of halogens is 2. The van der Waals surface area contributed by atoms with Crippen LogP contribution in [0.4, 0.5) is 13.6 Å². The number of ether oxygens (including phenoxy) is 1. The molecule has 1 aromatic rings. The van der Waals surface area contributed by atoms with Crippen molar-refractivity contribution in [1.82, 2.24) is 10.2 Å². The van der Waals surface area contributed by atoms with Crippen LogP contribution >= 0.6 is 0 Å². The van der Waals surface area contributed by atoms with Crippen LogP contribution in [0.1, 0.15) is 18.5 Å². The molecule has 0 aromatic heterocycles.